The third kappa shape index (κ3) is 4.91. The van der Waals surface area contributed by atoms with Crippen molar-refractivity contribution in [2.24, 2.45) is 0 Å². The molecule has 21 heavy (non-hydrogen) atoms. The van der Waals surface area contributed by atoms with Gasteiger partial charge in [0.05, 0.1) is 13.2 Å². The van der Waals surface area contributed by atoms with Gasteiger partial charge < -0.3 is 14.2 Å². The van der Waals surface area contributed by atoms with Gasteiger partial charge in [0, 0.05) is 7.05 Å². The van der Waals surface area contributed by atoms with E-state index in [2.05, 4.69) is 0 Å². The highest BCUT2D eigenvalue weighted by Crippen LogP contribution is 2.21. The summed E-state index contributed by atoms with van der Waals surface area (Å²) < 4.78 is 14.9. The summed E-state index contributed by atoms with van der Waals surface area (Å²) in [5, 5.41) is 0. The number of likely N-dealkylation sites (N-methyl/N-ethyl adjacent to an activating group) is 1. The monoisotopic (exact) mass is 303 g/mol. The van der Waals surface area contributed by atoms with Crippen LogP contribution in [0, 0.1) is 0 Å². The van der Waals surface area contributed by atoms with E-state index in [-0.39, 0.29) is 13.2 Å². The number of hydrogen-bond donors (Lipinski definition) is 0. The Morgan fingerprint density at radius 2 is 1.29 bits per heavy atom. The highest BCUT2D eigenvalue weighted by atomic mass is 16.6. The minimum atomic E-state index is -1.89. The van der Waals surface area contributed by atoms with Gasteiger partial charge in [0.1, 0.15) is 5.60 Å². The number of hydrogen-bond acceptors (Lipinski definition) is 6. The molecule has 0 aliphatic rings. The summed E-state index contributed by atoms with van der Waals surface area (Å²) in [6, 6.07) is 0. The first kappa shape index (κ1) is 19.2. The average molecular weight is 303 g/mol. The molecule has 0 bridgehead atoms. The van der Waals surface area contributed by atoms with Crippen molar-refractivity contribution in [1.82, 2.24) is 4.90 Å². The van der Waals surface area contributed by atoms with Crippen LogP contribution in [0.2, 0.25) is 0 Å². The molecule has 0 aliphatic carbocycles. The lowest BCUT2D eigenvalue weighted by Crippen LogP contribution is -2.60. The standard InChI is InChI=1S/C14H25NO6/c1-8-19-10(16)14(6,11(17)20-9-2)15(7)12(18)21-13(3,4)5/h8-9H2,1-7H3. The molecule has 0 saturated heterocycles. The second-order valence-corrected chi connectivity index (χ2v) is 5.55. The molecule has 7 nitrogen and oxygen atoms in total. The van der Waals surface area contributed by atoms with Crippen molar-refractivity contribution in [2.75, 3.05) is 20.3 Å². The van der Waals surface area contributed by atoms with Crippen LogP contribution in [0.5, 0.6) is 0 Å². The minimum absolute atomic E-state index is 0.0794. The van der Waals surface area contributed by atoms with Crippen LogP contribution in [0.4, 0.5) is 4.79 Å². The molecule has 0 rings (SSSR count). The molecule has 0 N–H and O–H groups in total. The molecule has 0 fully saturated rings. The fraction of sp³-hybridized carbons (Fsp3) is 0.786. The Bertz CT molecular complexity index is 381. The Morgan fingerprint density at radius 3 is 1.57 bits per heavy atom. The minimum Gasteiger partial charge on any atom is -0.464 e. The Balaban J connectivity index is 5.43. The van der Waals surface area contributed by atoms with Crippen LogP contribution in [0.25, 0.3) is 0 Å². The van der Waals surface area contributed by atoms with Gasteiger partial charge in [-0.2, -0.15) is 0 Å². The van der Waals surface area contributed by atoms with E-state index in [1.165, 1.54) is 14.0 Å². The predicted octanol–water partition coefficient (Wildman–Crippen LogP) is 1.74. The zero-order valence-corrected chi connectivity index (χ0v) is 13.8. The lowest BCUT2D eigenvalue weighted by Gasteiger charge is -2.35. The summed E-state index contributed by atoms with van der Waals surface area (Å²) >= 11 is 0. The second kappa shape index (κ2) is 7.28. The van der Waals surface area contributed by atoms with Crippen LogP contribution in [-0.2, 0) is 23.8 Å². The van der Waals surface area contributed by atoms with Crippen molar-refractivity contribution >= 4 is 18.0 Å². The molecule has 0 atom stereocenters. The first-order valence-electron chi connectivity index (χ1n) is 6.81. The summed E-state index contributed by atoms with van der Waals surface area (Å²) in [6.07, 6.45) is -0.814. The first-order chi connectivity index (χ1) is 9.50. The Morgan fingerprint density at radius 1 is 0.905 bits per heavy atom. The maximum absolute atomic E-state index is 12.1. The highest BCUT2D eigenvalue weighted by molar-refractivity contribution is 6.06. The largest absolute Gasteiger partial charge is 0.464 e. The molecule has 0 aromatic rings. The number of carbonyl (C=O) groups is 3. The maximum Gasteiger partial charge on any atom is 0.411 e. The molecule has 0 aliphatic heterocycles. The maximum atomic E-state index is 12.1. The second-order valence-electron chi connectivity index (χ2n) is 5.55. The summed E-state index contributed by atoms with van der Waals surface area (Å²) in [4.78, 5) is 37.2. The molecule has 0 heterocycles. The summed E-state index contributed by atoms with van der Waals surface area (Å²) in [5.74, 6) is -1.73. The SMILES string of the molecule is CCOC(=O)C(C)(C(=O)OCC)N(C)C(=O)OC(C)(C)C. The molecule has 122 valence electrons. The molecule has 0 saturated carbocycles. The number of carbonyl (C=O) groups excluding carboxylic acids is 3. The van der Waals surface area contributed by atoms with Gasteiger partial charge >= 0.3 is 18.0 Å². The van der Waals surface area contributed by atoms with E-state index < -0.39 is 29.2 Å². The van der Waals surface area contributed by atoms with E-state index in [0.717, 1.165) is 4.90 Å². The van der Waals surface area contributed by atoms with E-state index in [4.69, 9.17) is 14.2 Å². The topological polar surface area (TPSA) is 82.1 Å². The van der Waals surface area contributed by atoms with Crippen molar-refractivity contribution in [3.63, 3.8) is 0 Å². The smallest absolute Gasteiger partial charge is 0.411 e. The van der Waals surface area contributed by atoms with Gasteiger partial charge in [0.15, 0.2) is 0 Å². The van der Waals surface area contributed by atoms with Gasteiger partial charge in [0.2, 0.25) is 5.54 Å². The van der Waals surface area contributed by atoms with E-state index in [9.17, 15) is 14.4 Å². The van der Waals surface area contributed by atoms with Crippen molar-refractivity contribution < 1.29 is 28.6 Å². The van der Waals surface area contributed by atoms with E-state index >= 15 is 0 Å². The first-order valence-corrected chi connectivity index (χ1v) is 6.81. The molecule has 0 aromatic heterocycles. The van der Waals surface area contributed by atoms with Crippen molar-refractivity contribution in [1.29, 1.82) is 0 Å². The van der Waals surface area contributed by atoms with E-state index in [1.54, 1.807) is 34.6 Å². The summed E-state index contributed by atoms with van der Waals surface area (Å²) in [5.41, 5.74) is -2.65. The van der Waals surface area contributed by atoms with Crippen molar-refractivity contribution in [2.45, 2.75) is 52.7 Å². The molecular weight excluding hydrogens is 278 g/mol. The zero-order chi connectivity index (χ0) is 16.8. The van der Waals surface area contributed by atoms with E-state index in [1.807, 2.05) is 0 Å². The lowest BCUT2D eigenvalue weighted by atomic mass is 10.0. The van der Waals surface area contributed by atoms with Gasteiger partial charge in [-0.05, 0) is 41.5 Å². The van der Waals surface area contributed by atoms with Crippen LogP contribution >= 0.6 is 0 Å². The zero-order valence-electron chi connectivity index (χ0n) is 13.8. The van der Waals surface area contributed by atoms with Crippen LogP contribution in [0.15, 0.2) is 0 Å². The molecular formula is C14H25NO6. The number of rotatable bonds is 5. The number of nitrogens with zero attached hydrogens (tertiary/aromatic N) is 1. The highest BCUT2D eigenvalue weighted by Gasteiger charge is 2.51. The Kier molecular flexibility index (Phi) is 6.66. The fourth-order valence-corrected chi connectivity index (χ4v) is 1.41. The third-order valence-electron chi connectivity index (χ3n) is 2.68. The summed E-state index contributed by atoms with van der Waals surface area (Å²) in [6.45, 7) is 9.70. The van der Waals surface area contributed by atoms with Crippen molar-refractivity contribution in [3.8, 4) is 0 Å². The van der Waals surface area contributed by atoms with Gasteiger partial charge in [-0.25, -0.2) is 14.4 Å². The molecule has 0 aromatic carbocycles. The molecule has 0 radical (unpaired) electrons. The van der Waals surface area contributed by atoms with Gasteiger partial charge in [-0.15, -0.1) is 0 Å². The fourth-order valence-electron chi connectivity index (χ4n) is 1.41. The number of esters is 2. The quantitative estimate of drug-likeness (QED) is 0.437. The van der Waals surface area contributed by atoms with Crippen molar-refractivity contribution in [3.05, 3.63) is 0 Å². The normalized spacial score (nSPS) is 11.6. The third-order valence-corrected chi connectivity index (χ3v) is 2.68. The molecule has 0 unspecified atom stereocenters. The Labute approximate surface area is 125 Å². The van der Waals surface area contributed by atoms with Crippen LogP contribution in [0.3, 0.4) is 0 Å². The average Bonchev–Trinajstić information content (AvgIpc) is 2.35. The lowest BCUT2D eigenvalue weighted by molar-refractivity contribution is -0.172. The molecule has 1 amide bonds. The van der Waals surface area contributed by atoms with E-state index in [0.29, 0.717) is 0 Å². The van der Waals surface area contributed by atoms with Crippen LogP contribution < -0.4 is 0 Å². The summed E-state index contributed by atoms with van der Waals surface area (Å²) in [7, 11) is 1.29. The Hall–Kier alpha value is -1.79. The van der Waals surface area contributed by atoms with Gasteiger partial charge in [-0.3, -0.25) is 4.90 Å². The van der Waals surface area contributed by atoms with Gasteiger partial charge in [0.25, 0.3) is 0 Å². The molecule has 0 spiro atoms. The van der Waals surface area contributed by atoms with Gasteiger partial charge in [-0.1, -0.05) is 0 Å². The predicted molar refractivity (Wildman–Crippen MR) is 75.7 cm³/mol. The number of ether oxygens (including phenoxy) is 3. The van der Waals surface area contributed by atoms with Crippen LogP contribution in [-0.4, -0.2) is 54.3 Å². The van der Waals surface area contributed by atoms with Crippen LogP contribution in [0.1, 0.15) is 41.5 Å². The molecule has 7 heteroatoms. The number of amides is 1.